The number of benzene rings is 2. The molecule has 0 unspecified atom stereocenters. The fourth-order valence-corrected chi connectivity index (χ4v) is 4.53. The maximum atomic E-state index is 13.6. The summed E-state index contributed by atoms with van der Waals surface area (Å²) in [5.41, 5.74) is 2.10. The summed E-state index contributed by atoms with van der Waals surface area (Å²) < 4.78 is 19.8. The van der Waals surface area contributed by atoms with Gasteiger partial charge in [-0.25, -0.2) is 9.37 Å². The van der Waals surface area contributed by atoms with E-state index in [1.807, 2.05) is 36.5 Å². The van der Waals surface area contributed by atoms with Gasteiger partial charge in [-0.15, -0.1) is 11.8 Å². The Morgan fingerprint density at radius 1 is 1.20 bits per heavy atom. The SMILES string of the molecule is Fc1ccc2c(c1)S[C@@H](Cc1ncc[nH]1)[C@H]2OCc1ccc(Cl)cc1. The molecule has 0 saturated heterocycles. The lowest BCUT2D eigenvalue weighted by molar-refractivity contribution is 0.0391. The number of thioether (sulfide) groups is 1. The van der Waals surface area contributed by atoms with Gasteiger partial charge in [-0.2, -0.15) is 0 Å². The molecule has 1 aromatic heterocycles. The number of halogens is 2. The number of ether oxygens (including phenoxy) is 1. The van der Waals surface area contributed by atoms with E-state index >= 15 is 0 Å². The zero-order chi connectivity index (χ0) is 17.2. The summed E-state index contributed by atoms with van der Waals surface area (Å²) in [6.45, 7) is 0.480. The predicted molar refractivity (Wildman–Crippen MR) is 97.3 cm³/mol. The first-order chi connectivity index (χ1) is 12.2. The van der Waals surface area contributed by atoms with Crippen LogP contribution in [0, 0.1) is 5.82 Å². The smallest absolute Gasteiger partial charge is 0.124 e. The van der Waals surface area contributed by atoms with Gasteiger partial charge in [0, 0.05) is 34.0 Å². The lowest BCUT2D eigenvalue weighted by atomic mass is 10.0. The van der Waals surface area contributed by atoms with E-state index in [1.54, 1.807) is 24.0 Å². The molecule has 0 radical (unpaired) electrons. The molecule has 2 atom stereocenters. The summed E-state index contributed by atoms with van der Waals surface area (Å²) in [7, 11) is 0. The second-order valence-electron chi connectivity index (χ2n) is 5.94. The predicted octanol–water partition coefficient (Wildman–Crippen LogP) is 5.18. The standard InChI is InChI=1S/C19H16ClFN2OS/c20-13-3-1-12(2-4-13)11-24-19-15-6-5-14(21)9-16(15)25-17(19)10-18-22-7-8-23-18/h1-9,17,19H,10-11H2,(H,22,23)/t17-,19-/m0/s1. The Labute approximate surface area is 154 Å². The van der Waals surface area contributed by atoms with Gasteiger partial charge in [-0.05, 0) is 35.4 Å². The number of fused-ring (bicyclic) bond motifs is 1. The van der Waals surface area contributed by atoms with Crippen molar-refractivity contribution in [3.05, 3.63) is 82.6 Å². The van der Waals surface area contributed by atoms with E-state index < -0.39 is 0 Å². The molecule has 2 heterocycles. The summed E-state index contributed by atoms with van der Waals surface area (Å²) >= 11 is 7.58. The van der Waals surface area contributed by atoms with Crippen LogP contribution in [-0.4, -0.2) is 15.2 Å². The topological polar surface area (TPSA) is 37.9 Å². The van der Waals surface area contributed by atoms with Gasteiger partial charge in [0.25, 0.3) is 0 Å². The van der Waals surface area contributed by atoms with Gasteiger partial charge in [-0.3, -0.25) is 0 Å². The van der Waals surface area contributed by atoms with Gasteiger partial charge in [0.1, 0.15) is 11.6 Å². The van der Waals surface area contributed by atoms with Crippen molar-refractivity contribution in [2.24, 2.45) is 0 Å². The van der Waals surface area contributed by atoms with Crippen LogP contribution in [0.3, 0.4) is 0 Å². The maximum absolute atomic E-state index is 13.6. The Morgan fingerprint density at radius 2 is 2.04 bits per heavy atom. The van der Waals surface area contributed by atoms with Crippen molar-refractivity contribution in [3.8, 4) is 0 Å². The molecular formula is C19H16ClFN2OS. The Kier molecular flexibility index (Phi) is 4.79. The molecule has 0 spiro atoms. The highest BCUT2D eigenvalue weighted by Crippen LogP contribution is 2.47. The van der Waals surface area contributed by atoms with Gasteiger partial charge in [0.2, 0.25) is 0 Å². The van der Waals surface area contributed by atoms with Crippen LogP contribution < -0.4 is 0 Å². The summed E-state index contributed by atoms with van der Waals surface area (Å²) in [6, 6.07) is 12.5. The third kappa shape index (κ3) is 3.73. The summed E-state index contributed by atoms with van der Waals surface area (Å²) in [4.78, 5) is 8.39. The minimum absolute atomic E-state index is 0.110. The summed E-state index contributed by atoms with van der Waals surface area (Å²) in [5, 5.41) is 0.854. The maximum Gasteiger partial charge on any atom is 0.124 e. The molecule has 1 N–H and O–H groups in total. The van der Waals surface area contributed by atoms with Gasteiger partial charge >= 0.3 is 0 Å². The summed E-state index contributed by atoms with van der Waals surface area (Å²) in [6.07, 6.45) is 4.18. The minimum atomic E-state index is -0.221. The molecule has 2 aromatic carbocycles. The number of hydrogen-bond acceptors (Lipinski definition) is 3. The van der Waals surface area contributed by atoms with Crippen molar-refractivity contribution in [1.29, 1.82) is 0 Å². The zero-order valence-corrected chi connectivity index (χ0v) is 14.9. The van der Waals surface area contributed by atoms with Crippen LogP contribution in [0.1, 0.15) is 23.1 Å². The molecule has 25 heavy (non-hydrogen) atoms. The molecule has 6 heteroatoms. The quantitative estimate of drug-likeness (QED) is 0.668. The van der Waals surface area contributed by atoms with E-state index in [1.165, 1.54) is 6.07 Å². The molecule has 3 aromatic rings. The van der Waals surface area contributed by atoms with Gasteiger partial charge in [0.05, 0.1) is 12.7 Å². The van der Waals surface area contributed by atoms with E-state index in [-0.39, 0.29) is 17.2 Å². The van der Waals surface area contributed by atoms with Crippen LogP contribution in [0.5, 0.6) is 0 Å². The number of nitrogens with zero attached hydrogens (tertiary/aromatic N) is 1. The first-order valence-corrected chi connectivity index (χ1v) is 9.25. The van der Waals surface area contributed by atoms with Crippen molar-refractivity contribution in [1.82, 2.24) is 9.97 Å². The minimum Gasteiger partial charge on any atom is -0.368 e. The third-order valence-electron chi connectivity index (χ3n) is 4.19. The van der Waals surface area contributed by atoms with Crippen LogP contribution in [0.4, 0.5) is 4.39 Å². The molecule has 0 bridgehead atoms. The average Bonchev–Trinajstić information content (AvgIpc) is 3.22. The molecule has 4 rings (SSSR count). The van der Waals surface area contributed by atoms with E-state index in [2.05, 4.69) is 9.97 Å². The lowest BCUT2D eigenvalue weighted by Gasteiger charge is -2.20. The van der Waals surface area contributed by atoms with Crippen molar-refractivity contribution >= 4 is 23.4 Å². The van der Waals surface area contributed by atoms with Crippen molar-refractivity contribution < 1.29 is 9.13 Å². The van der Waals surface area contributed by atoms with Crippen LogP contribution >= 0.6 is 23.4 Å². The lowest BCUT2D eigenvalue weighted by Crippen LogP contribution is -2.17. The molecule has 128 valence electrons. The molecule has 3 nitrogen and oxygen atoms in total. The molecule has 0 fully saturated rings. The number of aromatic amines is 1. The van der Waals surface area contributed by atoms with Crippen LogP contribution in [-0.2, 0) is 17.8 Å². The van der Waals surface area contributed by atoms with E-state index in [0.29, 0.717) is 11.6 Å². The Hall–Kier alpha value is -1.82. The zero-order valence-electron chi connectivity index (χ0n) is 13.3. The van der Waals surface area contributed by atoms with Gasteiger partial charge in [-0.1, -0.05) is 29.8 Å². The van der Waals surface area contributed by atoms with Crippen LogP contribution in [0.2, 0.25) is 5.02 Å². The van der Waals surface area contributed by atoms with Gasteiger partial charge < -0.3 is 9.72 Å². The second kappa shape index (κ2) is 7.20. The second-order valence-corrected chi connectivity index (χ2v) is 7.65. The highest BCUT2D eigenvalue weighted by atomic mass is 35.5. The largest absolute Gasteiger partial charge is 0.368 e. The third-order valence-corrected chi connectivity index (χ3v) is 5.77. The number of hydrogen-bond donors (Lipinski definition) is 1. The van der Waals surface area contributed by atoms with E-state index in [0.717, 1.165) is 28.3 Å². The number of H-pyrrole nitrogens is 1. The normalized spacial score (nSPS) is 19.1. The average molecular weight is 375 g/mol. The molecule has 0 amide bonds. The Morgan fingerprint density at radius 3 is 2.80 bits per heavy atom. The number of nitrogens with one attached hydrogen (secondary N) is 1. The molecular weight excluding hydrogens is 359 g/mol. The number of imidazole rings is 1. The van der Waals surface area contributed by atoms with Gasteiger partial charge in [0.15, 0.2) is 0 Å². The summed E-state index contributed by atoms with van der Waals surface area (Å²) in [5.74, 6) is 0.687. The molecule has 1 aliphatic rings. The fourth-order valence-electron chi connectivity index (χ4n) is 2.98. The number of rotatable bonds is 5. The fraction of sp³-hybridized carbons (Fsp3) is 0.211. The molecule has 1 aliphatic heterocycles. The monoisotopic (exact) mass is 374 g/mol. The highest BCUT2D eigenvalue weighted by Gasteiger charge is 2.35. The highest BCUT2D eigenvalue weighted by molar-refractivity contribution is 8.00. The van der Waals surface area contributed by atoms with Crippen molar-refractivity contribution in [2.75, 3.05) is 0 Å². The molecule has 0 aliphatic carbocycles. The Bertz CT molecular complexity index is 854. The van der Waals surface area contributed by atoms with E-state index in [4.69, 9.17) is 16.3 Å². The Balaban J connectivity index is 1.55. The van der Waals surface area contributed by atoms with Crippen molar-refractivity contribution in [2.45, 2.75) is 29.3 Å². The van der Waals surface area contributed by atoms with Crippen LogP contribution in [0.15, 0.2) is 59.8 Å². The van der Waals surface area contributed by atoms with Crippen LogP contribution in [0.25, 0.3) is 0 Å². The van der Waals surface area contributed by atoms with Crippen molar-refractivity contribution in [3.63, 3.8) is 0 Å². The first-order valence-electron chi connectivity index (χ1n) is 7.99. The number of aromatic nitrogens is 2. The first kappa shape index (κ1) is 16.6. The molecule has 0 saturated carbocycles. The van der Waals surface area contributed by atoms with E-state index in [9.17, 15) is 4.39 Å².